The molecule has 2 aromatic heterocycles. The summed E-state index contributed by atoms with van der Waals surface area (Å²) in [6, 6.07) is 53.6. The summed E-state index contributed by atoms with van der Waals surface area (Å²) in [7, 11) is 0. The Balaban J connectivity index is 1.18. The van der Waals surface area contributed by atoms with E-state index in [0.29, 0.717) is 5.92 Å². The summed E-state index contributed by atoms with van der Waals surface area (Å²) in [4.78, 5) is 9.34. The molecule has 0 radical (unpaired) electrons. The molecule has 2 unspecified atom stereocenters. The monoisotopic (exact) mass is 630 g/mol. The minimum absolute atomic E-state index is 0.126. The van der Waals surface area contributed by atoms with E-state index < -0.39 is 0 Å². The van der Waals surface area contributed by atoms with Gasteiger partial charge in [0.1, 0.15) is 0 Å². The van der Waals surface area contributed by atoms with Crippen LogP contribution in [0.25, 0.3) is 33.6 Å². The van der Waals surface area contributed by atoms with E-state index in [4.69, 9.17) is 0 Å². The maximum Gasteiger partial charge on any atom is 0.0702 e. The summed E-state index contributed by atoms with van der Waals surface area (Å²) in [6.45, 7) is 4.85. The molecular weight excluding hydrogens is 593 g/mol. The van der Waals surface area contributed by atoms with Gasteiger partial charge in [0.25, 0.3) is 0 Å². The highest BCUT2D eigenvalue weighted by Gasteiger charge is 2.41. The second-order valence-electron chi connectivity index (χ2n) is 14.2. The molecule has 236 valence electrons. The highest BCUT2D eigenvalue weighted by molar-refractivity contribution is 5.79. The summed E-state index contributed by atoms with van der Waals surface area (Å²) in [5.41, 5.74) is 18.3. The molecule has 2 nitrogen and oxygen atoms in total. The van der Waals surface area contributed by atoms with Crippen LogP contribution in [-0.2, 0) is 18.3 Å². The van der Waals surface area contributed by atoms with Crippen LogP contribution in [0.1, 0.15) is 70.2 Å². The van der Waals surface area contributed by atoms with E-state index in [1.807, 2.05) is 24.5 Å². The highest BCUT2D eigenvalue weighted by atomic mass is 14.7. The SMILES string of the molecule is CC1(C)c2cc(C(Cc3cccc(-c4ccccn4)c3)c3cccc(-c4ccccn4)c3)ccc2C2Cc3ccccc3-c3cccc1c32. The van der Waals surface area contributed by atoms with Gasteiger partial charge < -0.3 is 0 Å². The summed E-state index contributed by atoms with van der Waals surface area (Å²) in [5, 5.41) is 0. The molecule has 7 aromatic rings. The quantitative estimate of drug-likeness (QED) is 0.183. The minimum Gasteiger partial charge on any atom is -0.256 e. The summed E-state index contributed by atoms with van der Waals surface area (Å²) >= 11 is 0. The molecule has 9 rings (SSSR count). The van der Waals surface area contributed by atoms with Gasteiger partial charge in [-0.25, -0.2) is 0 Å². The second kappa shape index (κ2) is 11.8. The van der Waals surface area contributed by atoms with E-state index in [1.54, 1.807) is 0 Å². The summed E-state index contributed by atoms with van der Waals surface area (Å²) in [5.74, 6) is 0.516. The second-order valence-corrected chi connectivity index (χ2v) is 14.2. The Morgan fingerprint density at radius 3 is 2.04 bits per heavy atom. The lowest BCUT2D eigenvalue weighted by atomic mass is 9.60. The Labute approximate surface area is 289 Å². The largest absolute Gasteiger partial charge is 0.256 e. The van der Waals surface area contributed by atoms with Crippen LogP contribution in [0.5, 0.6) is 0 Å². The standard InChI is InChI=1S/C47H38N2/c1-47(2)42-19-11-18-39-37-17-4-3-13-33(37)29-41(46(39)42)38-23-22-34(30-43(38)47)40(32-14-10-16-36(28-32)45-21-6-8-25-49-45)27-31-12-9-15-35(26-31)44-20-5-7-24-48-44/h3-26,28,30,40-41H,27,29H2,1-2H3. The third kappa shape index (κ3) is 5.11. The van der Waals surface area contributed by atoms with Crippen molar-refractivity contribution in [1.29, 1.82) is 0 Å². The molecule has 0 saturated heterocycles. The fraction of sp³-hybridized carbons (Fsp3) is 0.149. The van der Waals surface area contributed by atoms with Crippen LogP contribution in [-0.4, -0.2) is 9.97 Å². The Morgan fingerprint density at radius 2 is 1.27 bits per heavy atom. The molecule has 2 heterocycles. The molecule has 0 fully saturated rings. The molecule has 2 heteroatoms. The Morgan fingerprint density at radius 1 is 0.592 bits per heavy atom. The first-order valence-corrected chi connectivity index (χ1v) is 17.4. The van der Waals surface area contributed by atoms with Crippen molar-refractivity contribution in [2.75, 3.05) is 0 Å². The predicted octanol–water partition coefficient (Wildman–Crippen LogP) is 11.2. The zero-order chi connectivity index (χ0) is 33.0. The van der Waals surface area contributed by atoms with E-state index in [-0.39, 0.29) is 11.3 Å². The summed E-state index contributed by atoms with van der Waals surface area (Å²) in [6.07, 6.45) is 5.66. The number of aromatic nitrogens is 2. The van der Waals surface area contributed by atoms with Crippen LogP contribution in [0.2, 0.25) is 0 Å². The highest BCUT2D eigenvalue weighted by Crippen LogP contribution is 2.54. The maximum absolute atomic E-state index is 4.69. The van der Waals surface area contributed by atoms with E-state index in [0.717, 1.165) is 35.4 Å². The minimum atomic E-state index is -0.126. The van der Waals surface area contributed by atoms with Gasteiger partial charge in [-0.05, 0) is 105 Å². The molecule has 0 saturated carbocycles. The third-order valence-electron chi connectivity index (χ3n) is 11.0. The molecular formula is C47H38N2. The fourth-order valence-corrected chi connectivity index (χ4v) is 8.55. The number of hydrogen-bond acceptors (Lipinski definition) is 2. The molecule has 0 spiro atoms. The van der Waals surface area contributed by atoms with Crippen LogP contribution in [0.3, 0.4) is 0 Å². The zero-order valence-corrected chi connectivity index (χ0v) is 28.0. The van der Waals surface area contributed by atoms with E-state index in [2.05, 4.69) is 157 Å². The van der Waals surface area contributed by atoms with E-state index in [1.165, 1.54) is 55.6 Å². The number of hydrogen-bond donors (Lipinski definition) is 0. The molecule has 0 aliphatic heterocycles. The maximum atomic E-state index is 4.69. The van der Waals surface area contributed by atoms with Gasteiger partial charge in [0.05, 0.1) is 11.4 Å². The zero-order valence-electron chi connectivity index (χ0n) is 28.0. The van der Waals surface area contributed by atoms with Gasteiger partial charge in [-0.3, -0.25) is 9.97 Å². The lowest BCUT2D eigenvalue weighted by Gasteiger charge is -2.43. The van der Waals surface area contributed by atoms with Crippen molar-refractivity contribution in [3.63, 3.8) is 0 Å². The molecule has 49 heavy (non-hydrogen) atoms. The third-order valence-corrected chi connectivity index (χ3v) is 11.0. The molecule has 0 amide bonds. The van der Waals surface area contributed by atoms with Crippen molar-refractivity contribution >= 4 is 0 Å². The fourth-order valence-electron chi connectivity index (χ4n) is 8.55. The van der Waals surface area contributed by atoms with E-state index in [9.17, 15) is 0 Å². The van der Waals surface area contributed by atoms with Crippen molar-refractivity contribution < 1.29 is 0 Å². The van der Waals surface area contributed by atoms with Gasteiger partial charge in [0, 0.05) is 40.8 Å². The van der Waals surface area contributed by atoms with Crippen LogP contribution in [0, 0.1) is 0 Å². The van der Waals surface area contributed by atoms with Crippen LogP contribution >= 0.6 is 0 Å². The number of pyridine rings is 2. The average Bonchev–Trinajstić information content (AvgIpc) is 3.16. The molecule has 2 atom stereocenters. The van der Waals surface area contributed by atoms with Crippen LogP contribution in [0.15, 0.2) is 158 Å². The number of rotatable bonds is 6. The Kier molecular flexibility index (Phi) is 7.13. The van der Waals surface area contributed by atoms with E-state index >= 15 is 0 Å². The predicted molar refractivity (Wildman–Crippen MR) is 201 cm³/mol. The van der Waals surface area contributed by atoms with Gasteiger partial charge in [-0.1, -0.05) is 123 Å². The lowest BCUT2D eigenvalue weighted by Crippen LogP contribution is -2.32. The average molecular weight is 631 g/mol. The van der Waals surface area contributed by atoms with Crippen molar-refractivity contribution in [3.05, 3.63) is 202 Å². The lowest BCUT2D eigenvalue weighted by molar-refractivity contribution is 0.575. The van der Waals surface area contributed by atoms with Crippen molar-refractivity contribution in [1.82, 2.24) is 9.97 Å². The van der Waals surface area contributed by atoms with Crippen molar-refractivity contribution in [2.45, 2.75) is 43.9 Å². The van der Waals surface area contributed by atoms with Gasteiger partial charge in [0.15, 0.2) is 0 Å². The molecule has 5 aromatic carbocycles. The van der Waals surface area contributed by atoms with Crippen molar-refractivity contribution in [3.8, 4) is 33.6 Å². The van der Waals surface area contributed by atoms with Gasteiger partial charge in [-0.2, -0.15) is 0 Å². The van der Waals surface area contributed by atoms with Gasteiger partial charge in [0.2, 0.25) is 0 Å². The molecule has 2 aliphatic rings. The van der Waals surface area contributed by atoms with Crippen molar-refractivity contribution in [2.24, 2.45) is 0 Å². The first kappa shape index (κ1) is 29.5. The molecule has 0 bridgehead atoms. The normalized spacial score (nSPS) is 15.8. The molecule has 0 N–H and O–H groups in total. The van der Waals surface area contributed by atoms with Gasteiger partial charge in [-0.15, -0.1) is 0 Å². The van der Waals surface area contributed by atoms with Crippen LogP contribution in [0.4, 0.5) is 0 Å². The first-order valence-electron chi connectivity index (χ1n) is 17.4. The number of fused-ring (bicyclic) bond motifs is 4. The topological polar surface area (TPSA) is 25.8 Å². The smallest absolute Gasteiger partial charge is 0.0702 e. The van der Waals surface area contributed by atoms with Gasteiger partial charge >= 0.3 is 0 Å². The molecule has 2 aliphatic carbocycles. The number of nitrogens with zero attached hydrogens (tertiary/aromatic N) is 2. The Hall–Kier alpha value is -5.60. The number of benzene rings is 5. The first-order chi connectivity index (χ1) is 24.0. The Bertz CT molecular complexity index is 2320. The summed E-state index contributed by atoms with van der Waals surface area (Å²) < 4.78 is 0. The van der Waals surface area contributed by atoms with Crippen LogP contribution < -0.4 is 0 Å².